The third kappa shape index (κ3) is 3.98. The number of aromatic nitrogens is 1. The van der Waals surface area contributed by atoms with E-state index < -0.39 is 18.0 Å². The Kier molecular flexibility index (Phi) is 5.63. The van der Waals surface area contributed by atoms with Gasteiger partial charge in [0, 0.05) is 29.2 Å². The summed E-state index contributed by atoms with van der Waals surface area (Å²) < 4.78 is 18.0. The number of rotatable bonds is 7. The molecule has 1 heterocycles. The molecule has 7 nitrogen and oxygen atoms in total. The van der Waals surface area contributed by atoms with Gasteiger partial charge in [-0.1, -0.05) is 0 Å². The van der Waals surface area contributed by atoms with Crippen molar-refractivity contribution in [1.29, 1.82) is 0 Å². The molecule has 0 bridgehead atoms. The molecule has 0 unspecified atom stereocenters. The van der Waals surface area contributed by atoms with Gasteiger partial charge in [0.2, 0.25) is 0 Å². The lowest BCUT2D eigenvalue weighted by molar-refractivity contribution is -0.123. The van der Waals surface area contributed by atoms with Gasteiger partial charge in [-0.2, -0.15) is 0 Å². The number of ether oxygens (including phenoxy) is 3. The van der Waals surface area contributed by atoms with Crippen molar-refractivity contribution < 1.29 is 23.8 Å². The van der Waals surface area contributed by atoms with Gasteiger partial charge in [0.15, 0.2) is 17.6 Å². The Labute approximate surface area is 164 Å². The third-order valence-electron chi connectivity index (χ3n) is 4.92. The molecule has 1 saturated carbocycles. The predicted molar refractivity (Wildman–Crippen MR) is 105 cm³/mol. The number of nitrogens with zero attached hydrogens (tertiary/aromatic N) is 1. The predicted octanol–water partition coefficient (Wildman–Crippen LogP) is 3.64. The van der Waals surface area contributed by atoms with E-state index in [0.29, 0.717) is 28.8 Å². The van der Waals surface area contributed by atoms with Crippen LogP contribution in [0.25, 0.3) is 0 Å². The van der Waals surface area contributed by atoms with Crippen LogP contribution in [0.5, 0.6) is 11.5 Å². The first-order valence-corrected chi connectivity index (χ1v) is 9.28. The van der Waals surface area contributed by atoms with E-state index in [-0.39, 0.29) is 0 Å². The molecule has 1 fully saturated rings. The molecule has 1 aromatic carbocycles. The van der Waals surface area contributed by atoms with Crippen LogP contribution in [-0.4, -0.2) is 36.8 Å². The summed E-state index contributed by atoms with van der Waals surface area (Å²) in [6, 6.07) is 7.34. The third-order valence-corrected chi connectivity index (χ3v) is 4.92. The average Bonchev–Trinajstić information content (AvgIpc) is 3.45. The van der Waals surface area contributed by atoms with Gasteiger partial charge in [-0.05, 0) is 51.8 Å². The molecule has 0 spiro atoms. The average molecular weight is 386 g/mol. The van der Waals surface area contributed by atoms with Gasteiger partial charge in [-0.25, -0.2) is 4.79 Å². The van der Waals surface area contributed by atoms with Crippen molar-refractivity contribution >= 4 is 17.6 Å². The maximum absolute atomic E-state index is 12.6. The first-order valence-electron chi connectivity index (χ1n) is 9.28. The first kappa shape index (κ1) is 19.8. The quantitative estimate of drug-likeness (QED) is 0.735. The van der Waals surface area contributed by atoms with Crippen LogP contribution < -0.4 is 14.8 Å². The van der Waals surface area contributed by atoms with E-state index in [9.17, 15) is 9.59 Å². The molecule has 1 aliphatic rings. The number of hydrogen-bond donors (Lipinski definition) is 1. The summed E-state index contributed by atoms with van der Waals surface area (Å²) in [5.74, 6) is 0.148. The van der Waals surface area contributed by atoms with Crippen molar-refractivity contribution in [2.24, 2.45) is 0 Å². The fraction of sp³-hybridized carbons (Fsp3) is 0.429. The molecule has 0 saturated heterocycles. The summed E-state index contributed by atoms with van der Waals surface area (Å²) in [6.07, 6.45) is 1.33. The largest absolute Gasteiger partial charge is 0.493 e. The van der Waals surface area contributed by atoms with Crippen LogP contribution in [-0.2, 0) is 9.53 Å². The van der Waals surface area contributed by atoms with E-state index in [4.69, 9.17) is 14.2 Å². The van der Waals surface area contributed by atoms with Gasteiger partial charge in [-0.15, -0.1) is 0 Å². The maximum atomic E-state index is 12.6. The number of amides is 1. The topological polar surface area (TPSA) is 78.8 Å². The van der Waals surface area contributed by atoms with Gasteiger partial charge in [0.1, 0.15) is 0 Å². The van der Waals surface area contributed by atoms with Crippen LogP contribution >= 0.6 is 0 Å². The molecule has 1 amide bonds. The van der Waals surface area contributed by atoms with E-state index in [1.165, 1.54) is 14.2 Å². The normalized spacial score (nSPS) is 14.3. The summed E-state index contributed by atoms with van der Waals surface area (Å²) in [4.78, 5) is 25.0. The second kappa shape index (κ2) is 7.96. The van der Waals surface area contributed by atoms with Crippen LogP contribution in [0.4, 0.5) is 5.69 Å². The highest BCUT2D eigenvalue weighted by Gasteiger charge is 2.29. The lowest BCUT2D eigenvalue weighted by Gasteiger charge is -2.15. The van der Waals surface area contributed by atoms with Crippen LogP contribution in [0.3, 0.4) is 0 Å². The van der Waals surface area contributed by atoms with Crippen LogP contribution in [0.2, 0.25) is 0 Å². The lowest BCUT2D eigenvalue weighted by Crippen LogP contribution is -2.30. The van der Waals surface area contributed by atoms with Gasteiger partial charge < -0.3 is 24.1 Å². The first-order chi connectivity index (χ1) is 13.3. The lowest BCUT2D eigenvalue weighted by atomic mass is 10.2. The molecule has 7 heteroatoms. The Hall–Kier alpha value is -2.96. The van der Waals surface area contributed by atoms with Gasteiger partial charge in [-0.3, -0.25) is 4.79 Å². The van der Waals surface area contributed by atoms with Crippen molar-refractivity contribution in [2.75, 3.05) is 19.5 Å². The highest BCUT2D eigenvalue weighted by atomic mass is 16.5. The summed E-state index contributed by atoms with van der Waals surface area (Å²) in [7, 11) is 3.06. The molecular weight excluding hydrogens is 360 g/mol. The van der Waals surface area contributed by atoms with Gasteiger partial charge in [0.05, 0.1) is 19.8 Å². The second-order valence-corrected chi connectivity index (χ2v) is 6.99. The Morgan fingerprint density at radius 3 is 2.39 bits per heavy atom. The molecule has 0 aliphatic heterocycles. The number of nitrogens with one attached hydrogen (secondary N) is 1. The SMILES string of the molecule is COc1ccc(NC(=O)[C@H](C)OC(=O)c2cc(C)n(C3CC3)c2C)cc1OC. The Bertz CT molecular complexity index is 898. The van der Waals surface area contributed by atoms with Crippen molar-refractivity contribution in [1.82, 2.24) is 4.57 Å². The van der Waals surface area contributed by atoms with E-state index in [1.54, 1.807) is 25.1 Å². The number of carbonyl (C=O) groups is 2. The van der Waals surface area contributed by atoms with Crippen molar-refractivity contribution in [3.63, 3.8) is 0 Å². The van der Waals surface area contributed by atoms with E-state index in [0.717, 1.165) is 24.2 Å². The van der Waals surface area contributed by atoms with Gasteiger partial charge >= 0.3 is 5.97 Å². The van der Waals surface area contributed by atoms with Crippen LogP contribution in [0.1, 0.15) is 47.6 Å². The number of carbonyl (C=O) groups excluding carboxylic acids is 2. The van der Waals surface area contributed by atoms with E-state index >= 15 is 0 Å². The molecule has 0 radical (unpaired) electrons. The highest BCUT2D eigenvalue weighted by Crippen LogP contribution is 2.38. The smallest absolute Gasteiger partial charge is 0.340 e. The van der Waals surface area contributed by atoms with Crippen molar-refractivity contribution in [2.45, 2.75) is 45.8 Å². The minimum absolute atomic E-state index is 0.420. The zero-order valence-electron chi connectivity index (χ0n) is 16.9. The number of benzene rings is 1. The number of esters is 1. The van der Waals surface area contributed by atoms with E-state index in [2.05, 4.69) is 9.88 Å². The summed E-state index contributed by atoms with van der Waals surface area (Å²) in [5.41, 5.74) is 2.96. The maximum Gasteiger partial charge on any atom is 0.340 e. The highest BCUT2D eigenvalue weighted by molar-refractivity contribution is 5.98. The number of methoxy groups -OCH3 is 2. The number of anilines is 1. The van der Waals surface area contributed by atoms with Crippen molar-refractivity contribution in [3.05, 3.63) is 41.2 Å². The monoisotopic (exact) mass is 386 g/mol. The Morgan fingerprint density at radius 2 is 1.79 bits per heavy atom. The Morgan fingerprint density at radius 1 is 1.11 bits per heavy atom. The fourth-order valence-electron chi connectivity index (χ4n) is 3.31. The minimum Gasteiger partial charge on any atom is -0.493 e. The Balaban J connectivity index is 1.66. The van der Waals surface area contributed by atoms with Crippen molar-refractivity contribution in [3.8, 4) is 11.5 Å². The zero-order chi connectivity index (χ0) is 20.4. The summed E-state index contributed by atoms with van der Waals surface area (Å²) >= 11 is 0. The fourth-order valence-corrected chi connectivity index (χ4v) is 3.31. The standard InChI is InChI=1S/C21H26N2O5/c1-12-10-17(13(2)23(12)16-7-8-16)21(25)28-14(3)20(24)22-15-6-9-18(26-4)19(11-15)27-5/h6,9-11,14,16H,7-8H2,1-5H3,(H,22,24)/t14-/m0/s1. The minimum atomic E-state index is -0.940. The molecule has 1 aromatic heterocycles. The molecule has 150 valence electrons. The molecule has 1 aliphatic carbocycles. The zero-order valence-corrected chi connectivity index (χ0v) is 16.9. The summed E-state index contributed by atoms with van der Waals surface area (Å²) in [5, 5.41) is 2.73. The molecule has 2 aromatic rings. The van der Waals surface area contributed by atoms with Gasteiger partial charge in [0.25, 0.3) is 5.91 Å². The molecule has 1 N–H and O–H groups in total. The van der Waals surface area contributed by atoms with Crippen LogP contribution in [0, 0.1) is 13.8 Å². The number of aryl methyl sites for hydroxylation is 1. The molecule has 1 atom stereocenters. The van der Waals surface area contributed by atoms with E-state index in [1.807, 2.05) is 19.9 Å². The number of hydrogen-bond acceptors (Lipinski definition) is 5. The molecule has 28 heavy (non-hydrogen) atoms. The molecule has 3 rings (SSSR count). The summed E-state index contributed by atoms with van der Waals surface area (Å²) in [6.45, 7) is 5.44. The van der Waals surface area contributed by atoms with Crippen LogP contribution in [0.15, 0.2) is 24.3 Å². The second-order valence-electron chi connectivity index (χ2n) is 6.99. The molecular formula is C21H26N2O5.